The summed E-state index contributed by atoms with van der Waals surface area (Å²) >= 11 is 0. The van der Waals surface area contributed by atoms with E-state index in [4.69, 9.17) is 9.15 Å². The molecular weight excluding hydrogens is 328 g/mol. The third kappa shape index (κ3) is 3.82. The number of ether oxygens (including phenoxy) is 1. The first-order valence-electron chi connectivity index (χ1n) is 7.57. The summed E-state index contributed by atoms with van der Waals surface area (Å²) in [6, 6.07) is 4.29. The van der Waals surface area contributed by atoms with Crippen LogP contribution >= 0.6 is 0 Å². The quantitative estimate of drug-likeness (QED) is 0.658. The van der Waals surface area contributed by atoms with E-state index in [0.29, 0.717) is 25.3 Å². The van der Waals surface area contributed by atoms with E-state index < -0.39 is 11.7 Å². The number of halogens is 1. The van der Waals surface area contributed by atoms with Gasteiger partial charge in [0.15, 0.2) is 17.8 Å². The van der Waals surface area contributed by atoms with Gasteiger partial charge in [-0.05, 0) is 18.6 Å². The summed E-state index contributed by atoms with van der Waals surface area (Å²) in [7, 11) is 1.45. The summed E-state index contributed by atoms with van der Waals surface area (Å²) < 4.78 is 26.0. The molecule has 8 nitrogen and oxygen atoms in total. The van der Waals surface area contributed by atoms with Crippen molar-refractivity contribution in [2.75, 3.05) is 13.7 Å². The highest BCUT2D eigenvalue weighted by Crippen LogP contribution is 2.28. The molecule has 130 valence electrons. The molecule has 3 aromatic rings. The van der Waals surface area contributed by atoms with Gasteiger partial charge in [0.2, 0.25) is 0 Å². The van der Waals surface area contributed by atoms with Gasteiger partial charge in [-0.2, -0.15) is 5.10 Å². The van der Waals surface area contributed by atoms with Crippen LogP contribution in [0.2, 0.25) is 0 Å². The number of rotatable bonds is 7. The van der Waals surface area contributed by atoms with Gasteiger partial charge in [0.25, 0.3) is 5.91 Å². The second kappa shape index (κ2) is 7.56. The van der Waals surface area contributed by atoms with Gasteiger partial charge in [-0.1, -0.05) is 0 Å². The van der Waals surface area contributed by atoms with E-state index in [1.165, 1.54) is 25.6 Å². The van der Waals surface area contributed by atoms with Crippen LogP contribution in [0.1, 0.15) is 16.9 Å². The van der Waals surface area contributed by atoms with Crippen molar-refractivity contribution in [2.24, 2.45) is 0 Å². The van der Waals surface area contributed by atoms with Crippen LogP contribution in [-0.2, 0) is 6.54 Å². The largest absolute Gasteiger partial charge is 0.497 e. The molecule has 0 aliphatic rings. The summed E-state index contributed by atoms with van der Waals surface area (Å²) in [6.07, 6.45) is 4.83. The smallest absolute Gasteiger partial charge is 0.273 e. The minimum atomic E-state index is -0.559. The molecule has 0 aliphatic carbocycles. The van der Waals surface area contributed by atoms with Crippen LogP contribution in [0.15, 0.2) is 41.7 Å². The molecule has 0 unspecified atom stereocenters. The average molecular weight is 344 g/mol. The Balaban J connectivity index is 1.65. The number of amides is 1. The maximum atomic E-state index is 14.2. The van der Waals surface area contributed by atoms with Crippen LogP contribution in [0.25, 0.3) is 11.3 Å². The molecule has 0 radical (unpaired) electrons. The van der Waals surface area contributed by atoms with E-state index in [2.05, 4.69) is 20.4 Å². The maximum absolute atomic E-state index is 14.2. The summed E-state index contributed by atoms with van der Waals surface area (Å²) in [4.78, 5) is 20.0. The number of carbonyl (C=O) groups is 1. The minimum absolute atomic E-state index is 0.0322. The monoisotopic (exact) mass is 344 g/mol. The Morgan fingerprint density at radius 1 is 1.44 bits per heavy atom. The molecule has 1 aromatic carbocycles. The number of hydrogen-bond acceptors (Lipinski definition) is 6. The summed E-state index contributed by atoms with van der Waals surface area (Å²) in [5.41, 5.74) is 0.177. The van der Waals surface area contributed by atoms with Gasteiger partial charge < -0.3 is 14.5 Å². The third-order valence-corrected chi connectivity index (χ3v) is 3.52. The van der Waals surface area contributed by atoms with Crippen LogP contribution in [0.5, 0.6) is 5.75 Å². The predicted octanol–water partition coefficient (Wildman–Crippen LogP) is 1.90. The fourth-order valence-corrected chi connectivity index (χ4v) is 2.28. The molecule has 9 heteroatoms. The van der Waals surface area contributed by atoms with Crippen molar-refractivity contribution in [1.82, 2.24) is 25.1 Å². The zero-order chi connectivity index (χ0) is 17.6. The number of carbonyl (C=O) groups excluding carboxylic acids is 1. The number of oxazole rings is 1. The molecule has 2 aromatic heterocycles. The summed E-state index contributed by atoms with van der Waals surface area (Å²) in [5.74, 6) is -0.539. The van der Waals surface area contributed by atoms with Gasteiger partial charge in [-0.25, -0.2) is 14.4 Å². The molecule has 0 aliphatic heterocycles. The highest BCUT2D eigenvalue weighted by atomic mass is 18.2. The van der Waals surface area contributed by atoms with E-state index in [-0.39, 0.29) is 17.0 Å². The molecule has 2 heterocycles. The number of benzene rings is 1. The van der Waals surface area contributed by atoms with Crippen LogP contribution in [-0.4, -0.2) is 39.3 Å². The third-order valence-electron chi connectivity index (χ3n) is 3.52. The molecule has 3 rings (SSSR count). The van der Waals surface area contributed by atoms with Crippen LogP contribution in [0.4, 0.5) is 4.39 Å². The summed E-state index contributed by atoms with van der Waals surface area (Å²) in [5, 5.41) is 6.70. The van der Waals surface area contributed by atoms with Gasteiger partial charge in [-0.15, -0.1) is 0 Å². The zero-order valence-electron chi connectivity index (χ0n) is 13.5. The standard InChI is InChI=1S/C16H16FN5O3/c1-24-11-3-4-12(13(17)7-11)15-14(20-10-25-15)16(23)19-5-2-6-22-9-18-8-21-22/h3-4,7-10H,2,5-6H2,1H3,(H,19,23)/i17-1. The minimum Gasteiger partial charge on any atom is -0.497 e. The lowest BCUT2D eigenvalue weighted by Crippen LogP contribution is -2.26. The first-order chi connectivity index (χ1) is 12.2. The Labute approximate surface area is 142 Å². The Hall–Kier alpha value is -3.23. The molecular formula is C16H16FN5O3. The van der Waals surface area contributed by atoms with E-state index in [9.17, 15) is 9.18 Å². The van der Waals surface area contributed by atoms with Crippen molar-refractivity contribution in [3.8, 4) is 17.1 Å². The number of nitrogens with zero attached hydrogens (tertiary/aromatic N) is 4. The topological polar surface area (TPSA) is 95.1 Å². The normalized spacial score (nSPS) is 10.6. The van der Waals surface area contributed by atoms with Gasteiger partial charge in [0.1, 0.15) is 24.2 Å². The fraction of sp³-hybridized carbons (Fsp3) is 0.250. The fourth-order valence-electron chi connectivity index (χ4n) is 2.28. The molecule has 0 bridgehead atoms. The second-order valence-electron chi connectivity index (χ2n) is 5.14. The highest BCUT2D eigenvalue weighted by molar-refractivity contribution is 5.97. The van der Waals surface area contributed by atoms with E-state index >= 15 is 0 Å². The van der Waals surface area contributed by atoms with Gasteiger partial charge in [0, 0.05) is 19.2 Å². The first kappa shape index (κ1) is 16.6. The van der Waals surface area contributed by atoms with E-state index in [1.54, 1.807) is 17.1 Å². The molecule has 0 atom stereocenters. The molecule has 0 saturated carbocycles. The average Bonchev–Trinajstić information content (AvgIpc) is 3.30. The predicted molar refractivity (Wildman–Crippen MR) is 85.4 cm³/mol. The Morgan fingerprint density at radius 2 is 2.32 bits per heavy atom. The SMILES string of the molecule is COc1ccc(-c2ocnc2C(=O)NCCCn2cncn2)c([18F])c1. The van der Waals surface area contributed by atoms with Gasteiger partial charge in [0.05, 0.1) is 12.7 Å². The van der Waals surface area contributed by atoms with Crippen LogP contribution in [0.3, 0.4) is 0 Å². The Morgan fingerprint density at radius 3 is 3.04 bits per heavy atom. The van der Waals surface area contributed by atoms with Crippen molar-refractivity contribution in [1.29, 1.82) is 0 Å². The second-order valence-corrected chi connectivity index (χ2v) is 5.14. The lowest BCUT2D eigenvalue weighted by Gasteiger charge is -2.06. The number of methoxy groups -OCH3 is 1. The number of nitrogens with one attached hydrogen (secondary N) is 1. The number of aromatic nitrogens is 4. The van der Waals surface area contributed by atoms with E-state index in [1.807, 2.05) is 0 Å². The highest BCUT2D eigenvalue weighted by Gasteiger charge is 2.20. The van der Waals surface area contributed by atoms with Crippen LogP contribution in [0, 0.1) is 5.82 Å². The molecule has 0 fully saturated rings. The number of aryl methyl sites for hydroxylation is 1. The zero-order valence-corrected chi connectivity index (χ0v) is 13.5. The number of hydrogen-bond donors (Lipinski definition) is 1. The van der Waals surface area contributed by atoms with Crippen molar-refractivity contribution in [2.45, 2.75) is 13.0 Å². The lowest BCUT2D eigenvalue weighted by atomic mass is 10.1. The van der Waals surface area contributed by atoms with Crippen molar-refractivity contribution >= 4 is 5.91 Å². The van der Waals surface area contributed by atoms with Crippen molar-refractivity contribution in [3.05, 3.63) is 48.8 Å². The Bertz CT molecular complexity index is 847. The molecule has 1 amide bonds. The van der Waals surface area contributed by atoms with Crippen LogP contribution < -0.4 is 10.1 Å². The van der Waals surface area contributed by atoms with Crippen molar-refractivity contribution in [3.63, 3.8) is 0 Å². The molecule has 0 spiro atoms. The van der Waals surface area contributed by atoms with Gasteiger partial charge >= 0.3 is 0 Å². The molecule has 1 N–H and O–H groups in total. The molecule has 0 saturated heterocycles. The first-order valence-corrected chi connectivity index (χ1v) is 7.57. The van der Waals surface area contributed by atoms with Gasteiger partial charge in [-0.3, -0.25) is 9.48 Å². The summed E-state index contributed by atoms with van der Waals surface area (Å²) in [6.45, 7) is 1.04. The van der Waals surface area contributed by atoms with Crippen molar-refractivity contribution < 1.29 is 18.3 Å². The van der Waals surface area contributed by atoms with E-state index in [0.717, 1.165) is 6.39 Å². The molecule has 25 heavy (non-hydrogen) atoms. The lowest BCUT2D eigenvalue weighted by molar-refractivity contribution is 0.0948. The maximum Gasteiger partial charge on any atom is 0.273 e. The Kier molecular flexibility index (Phi) is 5.03.